The Bertz CT molecular complexity index is 346. The Labute approximate surface area is 121 Å². The minimum Gasteiger partial charge on any atom is -0.493 e. The van der Waals surface area contributed by atoms with E-state index in [1.165, 1.54) is 0 Å². The average Bonchev–Trinajstić information content (AvgIpc) is 2.49. The molecule has 5 heteroatoms. The van der Waals surface area contributed by atoms with Crippen LogP contribution in [0.15, 0.2) is 24.3 Å². The van der Waals surface area contributed by atoms with Crippen LogP contribution >= 0.6 is 0 Å². The quantitative estimate of drug-likeness (QED) is 0.592. The van der Waals surface area contributed by atoms with Gasteiger partial charge >= 0.3 is 0 Å². The molecule has 1 N–H and O–H groups in total. The van der Waals surface area contributed by atoms with Gasteiger partial charge in [-0.3, -0.25) is 0 Å². The van der Waals surface area contributed by atoms with Gasteiger partial charge in [-0.2, -0.15) is 0 Å². The topological polar surface area (TPSA) is 49.0 Å². The molecule has 0 aliphatic heterocycles. The highest BCUT2D eigenvalue weighted by Gasteiger charge is 2.01. The number of benzene rings is 1. The van der Waals surface area contributed by atoms with Crippen LogP contribution in [-0.2, 0) is 9.47 Å². The van der Waals surface area contributed by atoms with Crippen LogP contribution in [0.4, 0.5) is 0 Å². The zero-order valence-corrected chi connectivity index (χ0v) is 12.4. The molecule has 0 fully saturated rings. The van der Waals surface area contributed by atoms with Crippen LogP contribution in [-0.4, -0.2) is 53.7 Å². The summed E-state index contributed by atoms with van der Waals surface area (Å²) in [7, 11) is 3.35. The molecule has 0 saturated carbocycles. The van der Waals surface area contributed by atoms with Gasteiger partial charge in [0.1, 0.15) is 6.61 Å². The van der Waals surface area contributed by atoms with Gasteiger partial charge in [0.2, 0.25) is 0 Å². The predicted molar refractivity (Wildman–Crippen MR) is 78.7 cm³/mol. The van der Waals surface area contributed by atoms with Crippen LogP contribution in [0.25, 0.3) is 0 Å². The van der Waals surface area contributed by atoms with E-state index in [0.29, 0.717) is 19.8 Å². The number of methoxy groups -OCH3 is 2. The zero-order valence-electron chi connectivity index (χ0n) is 12.4. The van der Waals surface area contributed by atoms with Crippen molar-refractivity contribution in [2.45, 2.75) is 6.42 Å². The fourth-order valence-corrected chi connectivity index (χ4v) is 1.66. The highest BCUT2D eigenvalue weighted by molar-refractivity contribution is 5.39. The van der Waals surface area contributed by atoms with Crippen LogP contribution < -0.4 is 14.8 Å². The van der Waals surface area contributed by atoms with Crippen LogP contribution in [0, 0.1) is 0 Å². The normalized spacial score (nSPS) is 10.5. The van der Waals surface area contributed by atoms with Crippen molar-refractivity contribution in [3.8, 4) is 11.5 Å². The molecule has 1 rings (SSSR count). The number of para-hydroxylation sites is 2. The first-order valence-electron chi connectivity index (χ1n) is 6.91. The second-order valence-electron chi connectivity index (χ2n) is 4.21. The van der Waals surface area contributed by atoms with Crippen molar-refractivity contribution < 1.29 is 18.9 Å². The molecule has 0 saturated heterocycles. The molecule has 0 spiro atoms. The monoisotopic (exact) mass is 283 g/mol. The summed E-state index contributed by atoms with van der Waals surface area (Å²) >= 11 is 0. The van der Waals surface area contributed by atoms with Gasteiger partial charge in [-0.25, -0.2) is 0 Å². The summed E-state index contributed by atoms with van der Waals surface area (Å²) in [5.74, 6) is 1.49. The van der Waals surface area contributed by atoms with E-state index >= 15 is 0 Å². The summed E-state index contributed by atoms with van der Waals surface area (Å²) in [6, 6.07) is 7.59. The molecular weight excluding hydrogens is 258 g/mol. The fourth-order valence-electron chi connectivity index (χ4n) is 1.66. The van der Waals surface area contributed by atoms with E-state index in [4.69, 9.17) is 18.9 Å². The Hall–Kier alpha value is -1.30. The van der Waals surface area contributed by atoms with E-state index in [2.05, 4.69) is 5.32 Å². The number of ether oxygens (including phenoxy) is 4. The van der Waals surface area contributed by atoms with Crippen molar-refractivity contribution in [2.24, 2.45) is 0 Å². The molecule has 114 valence electrons. The molecule has 0 aliphatic carbocycles. The third kappa shape index (κ3) is 7.33. The van der Waals surface area contributed by atoms with Gasteiger partial charge < -0.3 is 24.3 Å². The maximum atomic E-state index is 5.60. The molecule has 0 aromatic heterocycles. The van der Waals surface area contributed by atoms with E-state index < -0.39 is 0 Å². The lowest BCUT2D eigenvalue weighted by Crippen LogP contribution is -2.22. The first kappa shape index (κ1) is 16.8. The first-order chi connectivity index (χ1) is 9.88. The second-order valence-corrected chi connectivity index (χ2v) is 4.21. The van der Waals surface area contributed by atoms with Crippen molar-refractivity contribution in [1.29, 1.82) is 0 Å². The Balaban J connectivity index is 1.97. The minimum atomic E-state index is 0.518. The van der Waals surface area contributed by atoms with Crippen LogP contribution in [0.1, 0.15) is 6.42 Å². The van der Waals surface area contributed by atoms with Crippen molar-refractivity contribution >= 4 is 0 Å². The number of hydrogen-bond acceptors (Lipinski definition) is 5. The number of nitrogens with one attached hydrogen (secondary N) is 1. The molecule has 1 aromatic carbocycles. The van der Waals surface area contributed by atoms with Gasteiger partial charge in [-0.15, -0.1) is 0 Å². The van der Waals surface area contributed by atoms with Crippen molar-refractivity contribution in [3.05, 3.63) is 24.3 Å². The minimum absolute atomic E-state index is 0.518. The lowest BCUT2D eigenvalue weighted by atomic mass is 10.3. The molecule has 0 bridgehead atoms. The average molecular weight is 283 g/mol. The van der Waals surface area contributed by atoms with Gasteiger partial charge in [0.25, 0.3) is 0 Å². The molecule has 5 nitrogen and oxygen atoms in total. The van der Waals surface area contributed by atoms with E-state index in [-0.39, 0.29) is 0 Å². The van der Waals surface area contributed by atoms with Crippen LogP contribution in [0.2, 0.25) is 0 Å². The highest BCUT2D eigenvalue weighted by atomic mass is 16.5. The van der Waals surface area contributed by atoms with E-state index in [1.54, 1.807) is 14.2 Å². The smallest absolute Gasteiger partial charge is 0.161 e. The summed E-state index contributed by atoms with van der Waals surface area (Å²) < 4.78 is 21.2. The molecule has 1 aromatic rings. The largest absolute Gasteiger partial charge is 0.493 e. The molecule has 20 heavy (non-hydrogen) atoms. The number of rotatable bonds is 12. The zero-order chi connectivity index (χ0) is 14.5. The van der Waals surface area contributed by atoms with Crippen molar-refractivity contribution in [2.75, 3.05) is 53.7 Å². The van der Waals surface area contributed by atoms with Gasteiger partial charge in [-0.05, 0) is 25.1 Å². The second kappa shape index (κ2) is 11.5. The SMILES string of the molecule is COCCCNCCOCCOc1ccccc1OC. The molecule has 0 radical (unpaired) electrons. The third-order valence-electron chi connectivity index (χ3n) is 2.68. The Kier molecular flexibility index (Phi) is 9.65. The summed E-state index contributed by atoms with van der Waals surface area (Å²) in [6.07, 6.45) is 1.02. The third-order valence-corrected chi connectivity index (χ3v) is 2.68. The van der Waals surface area contributed by atoms with E-state index in [9.17, 15) is 0 Å². The summed E-state index contributed by atoms with van der Waals surface area (Å²) in [5.41, 5.74) is 0. The van der Waals surface area contributed by atoms with Crippen molar-refractivity contribution in [1.82, 2.24) is 5.32 Å². The van der Waals surface area contributed by atoms with Crippen LogP contribution in [0.3, 0.4) is 0 Å². The molecule has 0 heterocycles. The Morgan fingerprint density at radius 1 is 0.900 bits per heavy atom. The highest BCUT2D eigenvalue weighted by Crippen LogP contribution is 2.25. The summed E-state index contributed by atoms with van der Waals surface area (Å²) in [5, 5.41) is 3.28. The lowest BCUT2D eigenvalue weighted by molar-refractivity contribution is 0.100. The molecule has 0 aliphatic rings. The summed E-state index contributed by atoms with van der Waals surface area (Å²) in [6.45, 7) is 4.36. The number of hydrogen-bond donors (Lipinski definition) is 1. The van der Waals surface area contributed by atoms with Crippen molar-refractivity contribution in [3.63, 3.8) is 0 Å². The first-order valence-corrected chi connectivity index (χ1v) is 6.91. The van der Waals surface area contributed by atoms with Gasteiger partial charge in [0.15, 0.2) is 11.5 Å². The van der Waals surface area contributed by atoms with Gasteiger partial charge in [0, 0.05) is 20.3 Å². The Morgan fingerprint density at radius 3 is 2.45 bits per heavy atom. The van der Waals surface area contributed by atoms with E-state index in [1.807, 2.05) is 24.3 Å². The fraction of sp³-hybridized carbons (Fsp3) is 0.600. The maximum absolute atomic E-state index is 5.60. The standard InChI is InChI=1S/C15H25NO4/c1-17-10-5-8-16-9-11-19-12-13-20-15-7-4-3-6-14(15)18-2/h3-4,6-7,16H,5,8-13H2,1-2H3. The molecule has 0 atom stereocenters. The van der Waals surface area contributed by atoms with Crippen LogP contribution in [0.5, 0.6) is 11.5 Å². The molecular formula is C15H25NO4. The molecule has 0 unspecified atom stereocenters. The van der Waals surface area contributed by atoms with Gasteiger partial charge in [0.05, 0.1) is 20.3 Å². The molecule has 0 amide bonds. The Morgan fingerprint density at radius 2 is 1.70 bits per heavy atom. The van der Waals surface area contributed by atoms with E-state index in [0.717, 1.165) is 37.6 Å². The van der Waals surface area contributed by atoms with Gasteiger partial charge in [-0.1, -0.05) is 12.1 Å². The summed E-state index contributed by atoms with van der Waals surface area (Å²) in [4.78, 5) is 0. The maximum Gasteiger partial charge on any atom is 0.161 e. The lowest BCUT2D eigenvalue weighted by Gasteiger charge is -2.10. The predicted octanol–water partition coefficient (Wildman–Crippen LogP) is 1.72.